The van der Waals surface area contributed by atoms with E-state index in [1.54, 1.807) is 0 Å². The monoisotopic (exact) mass is 231 g/mol. The van der Waals surface area contributed by atoms with Gasteiger partial charge in [0.05, 0.1) is 6.20 Å². The van der Waals surface area contributed by atoms with Crippen LogP contribution in [-0.4, -0.2) is 28.8 Å². The molecule has 2 heterocycles. The maximum atomic E-state index is 11.5. The Kier molecular flexibility index (Phi) is 2.17. The molecule has 7 nitrogen and oxygen atoms in total. The lowest BCUT2D eigenvalue weighted by atomic mass is 10.8. The number of nitrogens with zero attached hydrogens (tertiary/aromatic N) is 3. The molecule has 74 valence electrons. The van der Waals surface area contributed by atoms with Gasteiger partial charge in [-0.05, 0) is 6.07 Å². The van der Waals surface area contributed by atoms with Crippen LogP contribution in [0.3, 0.4) is 0 Å². The van der Waals surface area contributed by atoms with Crippen LogP contribution in [0.4, 0.5) is 5.13 Å². The van der Waals surface area contributed by atoms with Gasteiger partial charge in [-0.15, -0.1) is 10.2 Å². The summed E-state index contributed by atoms with van der Waals surface area (Å²) < 4.78 is 25.3. The average Bonchev–Trinajstić information content (AvgIpc) is 2.71. The zero-order valence-electron chi connectivity index (χ0n) is 6.71. The van der Waals surface area contributed by atoms with Crippen molar-refractivity contribution in [2.45, 2.75) is 5.03 Å². The first-order valence-electron chi connectivity index (χ1n) is 3.47. The van der Waals surface area contributed by atoms with Crippen molar-refractivity contribution in [2.75, 3.05) is 4.72 Å². The van der Waals surface area contributed by atoms with Crippen LogP contribution >= 0.6 is 11.3 Å². The number of aromatic nitrogens is 4. The average molecular weight is 231 g/mol. The van der Waals surface area contributed by atoms with Gasteiger partial charge in [-0.25, -0.2) is 0 Å². The minimum absolute atomic E-state index is 0.00676. The molecule has 0 saturated carbocycles. The standard InChI is InChI=1S/C5H5N5O2S2/c11-14(12,4-1-2-6-8-4)10-5-9-7-3-13-5/h1-3H,(H,6,8)(H,9,10). The summed E-state index contributed by atoms with van der Waals surface area (Å²) in [5.74, 6) is 0. The van der Waals surface area contributed by atoms with Gasteiger partial charge in [0.15, 0.2) is 5.03 Å². The van der Waals surface area contributed by atoms with Gasteiger partial charge >= 0.3 is 0 Å². The molecule has 14 heavy (non-hydrogen) atoms. The van der Waals surface area contributed by atoms with E-state index in [1.807, 2.05) is 0 Å². The lowest BCUT2D eigenvalue weighted by molar-refractivity contribution is 0.597. The van der Waals surface area contributed by atoms with Gasteiger partial charge in [-0.1, -0.05) is 11.3 Å². The third-order valence-electron chi connectivity index (χ3n) is 1.35. The predicted octanol–water partition coefficient (Wildman–Crippen LogP) is 0.0620. The summed E-state index contributed by atoms with van der Waals surface area (Å²) in [5.41, 5.74) is 1.44. The summed E-state index contributed by atoms with van der Waals surface area (Å²) in [4.78, 5) is 0. The van der Waals surface area contributed by atoms with Crippen molar-refractivity contribution in [3.8, 4) is 0 Å². The second kappa shape index (κ2) is 3.35. The molecule has 2 rings (SSSR count). The predicted molar refractivity (Wildman–Crippen MR) is 49.3 cm³/mol. The fraction of sp³-hybridized carbons (Fsp3) is 0. The zero-order chi connectivity index (χ0) is 10.0. The molecule has 2 aromatic rings. The second-order valence-electron chi connectivity index (χ2n) is 2.27. The molecule has 0 aliphatic rings. The van der Waals surface area contributed by atoms with Gasteiger partial charge in [-0.3, -0.25) is 9.82 Å². The third kappa shape index (κ3) is 1.72. The summed E-state index contributed by atoms with van der Waals surface area (Å²) in [5, 5.41) is 13.2. The lowest BCUT2D eigenvalue weighted by Gasteiger charge is -1.99. The number of rotatable bonds is 3. The highest BCUT2D eigenvalue weighted by Gasteiger charge is 2.16. The number of anilines is 1. The normalized spacial score (nSPS) is 11.4. The van der Waals surface area contributed by atoms with E-state index < -0.39 is 10.0 Å². The molecule has 9 heteroatoms. The first-order valence-corrected chi connectivity index (χ1v) is 5.83. The molecular formula is C5H5N5O2S2. The minimum Gasteiger partial charge on any atom is -0.266 e. The lowest BCUT2D eigenvalue weighted by Crippen LogP contribution is -2.13. The van der Waals surface area contributed by atoms with Crippen molar-refractivity contribution in [3.63, 3.8) is 0 Å². The smallest absolute Gasteiger partial charge is 0.266 e. The second-order valence-corrected chi connectivity index (χ2v) is 4.75. The summed E-state index contributed by atoms with van der Waals surface area (Å²) in [6.07, 6.45) is 1.36. The number of nitrogens with one attached hydrogen (secondary N) is 2. The van der Waals surface area contributed by atoms with E-state index in [-0.39, 0.29) is 10.2 Å². The summed E-state index contributed by atoms with van der Waals surface area (Å²) >= 11 is 1.10. The largest absolute Gasteiger partial charge is 0.280 e. The van der Waals surface area contributed by atoms with E-state index in [1.165, 1.54) is 17.8 Å². The van der Waals surface area contributed by atoms with Crippen LogP contribution in [0.5, 0.6) is 0 Å². The molecule has 0 atom stereocenters. The summed E-state index contributed by atoms with van der Waals surface area (Å²) in [6.45, 7) is 0. The van der Waals surface area contributed by atoms with Gasteiger partial charge < -0.3 is 0 Å². The molecule has 0 bridgehead atoms. The Morgan fingerprint density at radius 3 is 2.93 bits per heavy atom. The van der Waals surface area contributed by atoms with Gasteiger partial charge in [0.2, 0.25) is 5.13 Å². The first kappa shape index (κ1) is 9.09. The van der Waals surface area contributed by atoms with Crippen molar-refractivity contribution in [2.24, 2.45) is 0 Å². The Bertz CT molecular complexity index is 488. The molecule has 0 aromatic carbocycles. The van der Waals surface area contributed by atoms with Gasteiger partial charge in [0.1, 0.15) is 5.51 Å². The van der Waals surface area contributed by atoms with Gasteiger partial charge in [0.25, 0.3) is 10.0 Å². The Hall–Kier alpha value is -1.48. The third-order valence-corrected chi connectivity index (χ3v) is 3.35. The number of aromatic amines is 1. The number of H-pyrrole nitrogens is 1. The fourth-order valence-electron chi connectivity index (χ4n) is 0.780. The molecule has 0 aliphatic heterocycles. The van der Waals surface area contributed by atoms with Crippen LogP contribution in [0, 0.1) is 0 Å². The van der Waals surface area contributed by atoms with Crippen LogP contribution < -0.4 is 4.72 Å². The molecule has 0 saturated heterocycles. The maximum absolute atomic E-state index is 11.5. The van der Waals surface area contributed by atoms with Crippen molar-refractivity contribution in [1.29, 1.82) is 0 Å². The van der Waals surface area contributed by atoms with Crippen LogP contribution in [0.15, 0.2) is 22.8 Å². The Balaban J connectivity index is 2.27. The highest BCUT2D eigenvalue weighted by molar-refractivity contribution is 7.92. The van der Waals surface area contributed by atoms with Gasteiger partial charge in [-0.2, -0.15) is 13.5 Å². The van der Waals surface area contributed by atoms with E-state index in [0.717, 1.165) is 11.3 Å². The number of hydrogen-bond donors (Lipinski definition) is 2. The molecule has 0 unspecified atom stereocenters. The summed E-state index contributed by atoms with van der Waals surface area (Å²) in [7, 11) is -3.60. The van der Waals surface area contributed by atoms with Gasteiger partial charge in [0, 0.05) is 0 Å². The minimum atomic E-state index is -3.60. The molecule has 2 N–H and O–H groups in total. The molecule has 2 aromatic heterocycles. The molecule has 0 amide bonds. The van der Waals surface area contributed by atoms with Crippen molar-refractivity contribution >= 4 is 26.5 Å². The van der Waals surface area contributed by atoms with Crippen molar-refractivity contribution in [3.05, 3.63) is 17.8 Å². The first-order chi connectivity index (χ1) is 6.68. The van der Waals surface area contributed by atoms with E-state index in [0.29, 0.717) is 0 Å². The fourth-order valence-corrected chi connectivity index (χ4v) is 2.38. The van der Waals surface area contributed by atoms with Crippen molar-refractivity contribution < 1.29 is 8.42 Å². The molecule has 0 aliphatic carbocycles. The van der Waals surface area contributed by atoms with E-state index in [2.05, 4.69) is 25.1 Å². The SMILES string of the molecule is O=S(=O)(Nc1nncs1)c1ccn[nH]1. The Morgan fingerprint density at radius 2 is 2.36 bits per heavy atom. The van der Waals surface area contributed by atoms with Crippen LogP contribution in [0.25, 0.3) is 0 Å². The molecule has 0 spiro atoms. The number of sulfonamides is 1. The maximum Gasteiger partial charge on any atom is 0.280 e. The Labute approximate surface area is 83.2 Å². The van der Waals surface area contributed by atoms with Crippen LogP contribution in [-0.2, 0) is 10.0 Å². The molecular weight excluding hydrogens is 226 g/mol. The molecule has 0 radical (unpaired) electrons. The van der Waals surface area contributed by atoms with Crippen LogP contribution in [0.1, 0.15) is 0 Å². The quantitative estimate of drug-likeness (QED) is 0.778. The topological polar surface area (TPSA) is 101 Å². The number of hydrogen-bond acceptors (Lipinski definition) is 6. The van der Waals surface area contributed by atoms with E-state index in [9.17, 15) is 8.42 Å². The van der Waals surface area contributed by atoms with Crippen LogP contribution in [0.2, 0.25) is 0 Å². The Morgan fingerprint density at radius 1 is 1.50 bits per heavy atom. The molecule has 0 fully saturated rings. The highest BCUT2D eigenvalue weighted by Crippen LogP contribution is 2.14. The summed E-state index contributed by atoms with van der Waals surface area (Å²) in [6, 6.07) is 1.35. The van der Waals surface area contributed by atoms with Crippen molar-refractivity contribution in [1.82, 2.24) is 20.4 Å². The highest BCUT2D eigenvalue weighted by atomic mass is 32.2. The zero-order valence-corrected chi connectivity index (χ0v) is 8.34. The van der Waals surface area contributed by atoms with E-state index in [4.69, 9.17) is 0 Å². The van der Waals surface area contributed by atoms with E-state index >= 15 is 0 Å².